The molecule has 6 nitrogen and oxygen atoms in total. The SMILES string of the molecule is COC(=O)C1CC(O)CN1C(=O)NC1CC1. The van der Waals surface area contributed by atoms with Crippen LogP contribution in [0, 0.1) is 0 Å². The highest BCUT2D eigenvalue weighted by Gasteiger charge is 2.40. The van der Waals surface area contributed by atoms with Gasteiger partial charge in [0.25, 0.3) is 0 Å². The third-order valence-electron chi connectivity index (χ3n) is 2.92. The van der Waals surface area contributed by atoms with Gasteiger partial charge in [-0.3, -0.25) is 0 Å². The number of nitrogens with zero attached hydrogens (tertiary/aromatic N) is 1. The third kappa shape index (κ3) is 2.27. The van der Waals surface area contributed by atoms with Crippen LogP contribution in [0.3, 0.4) is 0 Å². The van der Waals surface area contributed by atoms with Crippen LogP contribution in [0.2, 0.25) is 0 Å². The Hall–Kier alpha value is -1.30. The number of aliphatic hydroxyl groups is 1. The minimum atomic E-state index is -0.654. The molecule has 6 heteroatoms. The van der Waals surface area contributed by atoms with E-state index in [1.165, 1.54) is 12.0 Å². The molecule has 90 valence electrons. The maximum atomic E-state index is 11.8. The lowest BCUT2D eigenvalue weighted by Crippen LogP contribution is -2.47. The zero-order chi connectivity index (χ0) is 11.7. The highest BCUT2D eigenvalue weighted by molar-refractivity contribution is 5.84. The number of hydrogen-bond acceptors (Lipinski definition) is 4. The topological polar surface area (TPSA) is 78.9 Å². The normalized spacial score (nSPS) is 29.0. The second-order valence-electron chi connectivity index (χ2n) is 4.30. The minimum absolute atomic E-state index is 0.193. The van der Waals surface area contributed by atoms with Gasteiger partial charge in [-0.25, -0.2) is 9.59 Å². The summed E-state index contributed by atoms with van der Waals surface area (Å²) in [5.41, 5.74) is 0. The quantitative estimate of drug-likeness (QED) is 0.622. The molecule has 2 atom stereocenters. The Morgan fingerprint density at radius 3 is 2.69 bits per heavy atom. The van der Waals surface area contributed by atoms with Gasteiger partial charge in [0.2, 0.25) is 0 Å². The number of methoxy groups -OCH3 is 1. The molecular weight excluding hydrogens is 212 g/mol. The van der Waals surface area contributed by atoms with E-state index in [9.17, 15) is 14.7 Å². The fraction of sp³-hybridized carbons (Fsp3) is 0.800. The van der Waals surface area contributed by atoms with Crippen LogP contribution in [0.5, 0.6) is 0 Å². The summed E-state index contributed by atoms with van der Waals surface area (Å²) in [4.78, 5) is 24.5. The van der Waals surface area contributed by atoms with Gasteiger partial charge in [-0.05, 0) is 12.8 Å². The number of urea groups is 1. The summed E-state index contributed by atoms with van der Waals surface area (Å²) in [7, 11) is 1.28. The first kappa shape index (κ1) is 11.2. The van der Waals surface area contributed by atoms with E-state index in [-0.39, 0.29) is 25.0 Å². The van der Waals surface area contributed by atoms with E-state index in [4.69, 9.17) is 0 Å². The number of ether oxygens (including phenoxy) is 1. The molecule has 2 N–H and O–H groups in total. The first-order valence-electron chi connectivity index (χ1n) is 5.45. The standard InChI is InChI=1S/C10H16N2O4/c1-16-9(14)8-4-7(13)5-12(8)10(15)11-6-2-3-6/h6-8,13H,2-5H2,1H3,(H,11,15). The molecule has 2 rings (SSSR count). The lowest BCUT2D eigenvalue weighted by molar-refractivity contribution is -0.145. The van der Waals surface area contributed by atoms with Gasteiger partial charge in [0.05, 0.1) is 13.2 Å². The van der Waals surface area contributed by atoms with Gasteiger partial charge < -0.3 is 20.1 Å². The van der Waals surface area contributed by atoms with Crippen molar-refractivity contribution in [1.82, 2.24) is 10.2 Å². The van der Waals surface area contributed by atoms with Crippen molar-refractivity contribution < 1.29 is 19.4 Å². The van der Waals surface area contributed by atoms with Crippen LogP contribution < -0.4 is 5.32 Å². The van der Waals surface area contributed by atoms with Gasteiger partial charge in [0.15, 0.2) is 0 Å². The molecule has 0 spiro atoms. The highest BCUT2D eigenvalue weighted by Crippen LogP contribution is 2.22. The molecule has 0 bridgehead atoms. The molecule has 16 heavy (non-hydrogen) atoms. The Bertz CT molecular complexity index is 303. The summed E-state index contributed by atoms with van der Waals surface area (Å²) < 4.78 is 4.61. The first-order valence-corrected chi connectivity index (χ1v) is 5.45. The average Bonchev–Trinajstić information content (AvgIpc) is 2.97. The van der Waals surface area contributed by atoms with Gasteiger partial charge >= 0.3 is 12.0 Å². The number of likely N-dealkylation sites (tertiary alicyclic amines) is 1. The predicted molar refractivity (Wildman–Crippen MR) is 54.7 cm³/mol. The van der Waals surface area contributed by atoms with Crippen LogP contribution in [0.1, 0.15) is 19.3 Å². The van der Waals surface area contributed by atoms with Crippen molar-refractivity contribution >= 4 is 12.0 Å². The fourth-order valence-corrected chi connectivity index (χ4v) is 1.88. The molecule has 0 radical (unpaired) electrons. The van der Waals surface area contributed by atoms with Crippen molar-refractivity contribution in [2.45, 2.75) is 37.5 Å². The smallest absolute Gasteiger partial charge is 0.328 e. The number of rotatable bonds is 2. The maximum absolute atomic E-state index is 11.8. The molecule has 1 saturated carbocycles. The van der Waals surface area contributed by atoms with Crippen molar-refractivity contribution in [2.24, 2.45) is 0 Å². The first-order chi connectivity index (χ1) is 7.61. The molecule has 1 aliphatic heterocycles. The fourth-order valence-electron chi connectivity index (χ4n) is 1.88. The van der Waals surface area contributed by atoms with Crippen LogP contribution in [-0.2, 0) is 9.53 Å². The molecule has 1 saturated heterocycles. The Kier molecular flexibility index (Phi) is 3.00. The number of aliphatic hydroxyl groups excluding tert-OH is 1. The Balaban J connectivity index is 1.99. The summed E-state index contributed by atoms with van der Waals surface area (Å²) in [6, 6.07) is -0.697. The molecule has 1 heterocycles. The van der Waals surface area contributed by atoms with Gasteiger partial charge in [0, 0.05) is 19.0 Å². The van der Waals surface area contributed by atoms with E-state index in [0.29, 0.717) is 0 Å². The number of hydrogen-bond donors (Lipinski definition) is 2. The lowest BCUT2D eigenvalue weighted by atomic mass is 10.2. The Morgan fingerprint density at radius 2 is 2.12 bits per heavy atom. The predicted octanol–water partition coefficient (Wildman–Crippen LogP) is -0.533. The number of nitrogens with one attached hydrogen (secondary N) is 1. The van der Waals surface area contributed by atoms with Crippen molar-refractivity contribution in [3.63, 3.8) is 0 Å². The summed E-state index contributed by atoms with van der Waals surface area (Å²) in [6.07, 6.45) is 1.59. The van der Waals surface area contributed by atoms with Crippen LogP contribution in [0.4, 0.5) is 4.79 Å². The van der Waals surface area contributed by atoms with E-state index in [2.05, 4.69) is 10.1 Å². The molecule has 2 fully saturated rings. The van der Waals surface area contributed by atoms with Crippen molar-refractivity contribution in [3.8, 4) is 0 Å². The van der Waals surface area contributed by atoms with Crippen LogP contribution in [-0.4, -0.2) is 53.8 Å². The molecule has 0 aromatic heterocycles. The van der Waals surface area contributed by atoms with E-state index in [0.717, 1.165) is 12.8 Å². The number of β-amino-alcohol motifs (C(OH)–C–C–N with tert-alkyl or cyclic N) is 1. The van der Waals surface area contributed by atoms with E-state index in [1.54, 1.807) is 0 Å². The monoisotopic (exact) mass is 228 g/mol. The largest absolute Gasteiger partial charge is 0.467 e. The molecule has 2 unspecified atom stereocenters. The van der Waals surface area contributed by atoms with Crippen LogP contribution in [0.15, 0.2) is 0 Å². The number of carbonyl (C=O) groups excluding carboxylic acids is 2. The van der Waals surface area contributed by atoms with Gasteiger partial charge in [-0.1, -0.05) is 0 Å². The number of carbonyl (C=O) groups is 2. The van der Waals surface area contributed by atoms with Crippen molar-refractivity contribution in [1.29, 1.82) is 0 Å². The number of amides is 2. The van der Waals surface area contributed by atoms with E-state index < -0.39 is 18.1 Å². The van der Waals surface area contributed by atoms with Crippen LogP contribution in [0.25, 0.3) is 0 Å². The number of esters is 1. The molecular formula is C10H16N2O4. The maximum Gasteiger partial charge on any atom is 0.328 e. The van der Waals surface area contributed by atoms with E-state index in [1.807, 2.05) is 0 Å². The Morgan fingerprint density at radius 1 is 1.44 bits per heavy atom. The second kappa shape index (κ2) is 4.29. The second-order valence-corrected chi connectivity index (χ2v) is 4.30. The van der Waals surface area contributed by atoms with Gasteiger partial charge in [-0.2, -0.15) is 0 Å². The van der Waals surface area contributed by atoms with Crippen molar-refractivity contribution in [3.05, 3.63) is 0 Å². The highest BCUT2D eigenvalue weighted by atomic mass is 16.5. The summed E-state index contributed by atoms with van der Waals surface area (Å²) in [6.45, 7) is 0.193. The summed E-state index contributed by atoms with van der Waals surface area (Å²) in [5.74, 6) is -0.470. The zero-order valence-electron chi connectivity index (χ0n) is 9.18. The zero-order valence-corrected chi connectivity index (χ0v) is 9.18. The van der Waals surface area contributed by atoms with Gasteiger partial charge in [-0.15, -0.1) is 0 Å². The Labute approximate surface area is 93.6 Å². The lowest BCUT2D eigenvalue weighted by Gasteiger charge is -2.22. The van der Waals surface area contributed by atoms with Crippen molar-refractivity contribution in [2.75, 3.05) is 13.7 Å². The summed E-state index contributed by atoms with van der Waals surface area (Å²) in [5, 5.41) is 12.3. The van der Waals surface area contributed by atoms with Crippen LogP contribution >= 0.6 is 0 Å². The third-order valence-corrected chi connectivity index (χ3v) is 2.92. The molecule has 2 amide bonds. The summed E-state index contributed by atoms with van der Waals surface area (Å²) >= 11 is 0. The molecule has 1 aliphatic carbocycles. The molecule has 0 aromatic carbocycles. The molecule has 2 aliphatic rings. The average molecular weight is 228 g/mol. The minimum Gasteiger partial charge on any atom is -0.467 e. The van der Waals surface area contributed by atoms with E-state index >= 15 is 0 Å². The van der Waals surface area contributed by atoms with Gasteiger partial charge in [0.1, 0.15) is 6.04 Å². The molecule has 0 aromatic rings.